The number of rotatable bonds is 5. The van der Waals surface area contributed by atoms with E-state index >= 15 is 0 Å². The van der Waals surface area contributed by atoms with E-state index in [4.69, 9.17) is 5.73 Å². The Morgan fingerprint density at radius 2 is 1.83 bits per heavy atom. The van der Waals surface area contributed by atoms with Crippen molar-refractivity contribution in [2.45, 2.75) is 69.5 Å². The zero-order valence-electron chi connectivity index (χ0n) is 17.5. The number of hydrogen-bond donors (Lipinski definition) is 3. The molecule has 6 heteroatoms. The maximum Gasteiger partial charge on any atom is 0.243 e. The molecule has 6 nitrogen and oxygen atoms in total. The van der Waals surface area contributed by atoms with Crippen LogP contribution in [0.5, 0.6) is 5.75 Å². The van der Waals surface area contributed by atoms with Crippen LogP contribution in [0.1, 0.15) is 50.5 Å². The first-order valence-corrected chi connectivity index (χ1v) is 11.6. The van der Waals surface area contributed by atoms with E-state index in [1.807, 2.05) is 6.07 Å². The molecule has 0 radical (unpaired) electrons. The number of phenols is 1. The van der Waals surface area contributed by atoms with Gasteiger partial charge in [-0.15, -0.1) is 0 Å². The summed E-state index contributed by atoms with van der Waals surface area (Å²) < 4.78 is 0. The largest absolute Gasteiger partial charge is 0.508 e. The monoisotopic (exact) mass is 411 g/mol. The van der Waals surface area contributed by atoms with E-state index in [2.05, 4.69) is 5.32 Å². The minimum Gasteiger partial charge on any atom is -0.508 e. The molecule has 1 aromatic carbocycles. The molecule has 4 bridgehead atoms. The number of carbonyl (C=O) groups is 2. The Morgan fingerprint density at radius 1 is 1.13 bits per heavy atom. The lowest BCUT2D eigenvalue weighted by molar-refractivity contribution is -0.140. The zero-order chi connectivity index (χ0) is 20.8. The van der Waals surface area contributed by atoms with Crippen LogP contribution >= 0.6 is 0 Å². The van der Waals surface area contributed by atoms with Gasteiger partial charge in [0.1, 0.15) is 11.8 Å². The van der Waals surface area contributed by atoms with Crippen molar-refractivity contribution in [2.24, 2.45) is 29.4 Å². The van der Waals surface area contributed by atoms with E-state index in [-0.39, 0.29) is 17.6 Å². The number of nitrogens with one attached hydrogen (secondary N) is 1. The topological polar surface area (TPSA) is 95.7 Å². The molecule has 162 valence electrons. The third kappa shape index (κ3) is 3.70. The van der Waals surface area contributed by atoms with Crippen molar-refractivity contribution in [1.82, 2.24) is 10.2 Å². The van der Waals surface area contributed by atoms with Gasteiger partial charge in [0.25, 0.3) is 0 Å². The minimum atomic E-state index is -0.707. The van der Waals surface area contributed by atoms with Gasteiger partial charge in [0, 0.05) is 12.6 Å². The summed E-state index contributed by atoms with van der Waals surface area (Å²) in [5.74, 6) is 3.03. The van der Waals surface area contributed by atoms with Gasteiger partial charge in [0.15, 0.2) is 0 Å². The van der Waals surface area contributed by atoms with Crippen LogP contribution in [0, 0.1) is 23.7 Å². The highest BCUT2D eigenvalue weighted by Gasteiger charge is 2.49. The second kappa shape index (κ2) is 7.88. The van der Waals surface area contributed by atoms with Crippen molar-refractivity contribution in [3.8, 4) is 5.75 Å². The Hall–Kier alpha value is -2.08. The van der Waals surface area contributed by atoms with E-state index in [9.17, 15) is 14.7 Å². The lowest BCUT2D eigenvalue weighted by atomic mass is 9.54. The van der Waals surface area contributed by atoms with Crippen molar-refractivity contribution in [1.29, 1.82) is 0 Å². The number of carbonyl (C=O) groups excluding carboxylic acids is 2. The summed E-state index contributed by atoms with van der Waals surface area (Å²) >= 11 is 0. The van der Waals surface area contributed by atoms with Crippen molar-refractivity contribution >= 4 is 11.8 Å². The fourth-order valence-electron chi connectivity index (χ4n) is 6.96. The average Bonchev–Trinajstić information content (AvgIpc) is 3.19. The molecule has 30 heavy (non-hydrogen) atoms. The molecule has 1 aliphatic heterocycles. The van der Waals surface area contributed by atoms with Crippen molar-refractivity contribution in [3.63, 3.8) is 0 Å². The van der Waals surface area contributed by atoms with E-state index in [0.29, 0.717) is 37.3 Å². The Balaban J connectivity index is 1.22. The second-order valence-electron chi connectivity index (χ2n) is 10.1. The molecule has 2 atom stereocenters. The number of likely N-dealkylation sites (tertiary alicyclic amines) is 1. The van der Waals surface area contributed by atoms with Gasteiger partial charge in [0.05, 0.1) is 6.04 Å². The van der Waals surface area contributed by atoms with Gasteiger partial charge in [-0.1, -0.05) is 12.1 Å². The van der Waals surface area contributed by atoms with Crippen LogP contribution in [0.15, 0.2) is 24.3 Å². The van der Waals surface area contributed by atoms with Gasteiger partial charge in [-0.3, -0.25) is 9.59 Å². The van der Waals surface area contributed by atoms with Gasteiger partial charge in [0.2, 0.25) is 11.8 Å². The summed E-state index contributed by atoms with van der Waals surface area (Å²) in [5.41, 5.74) is 7.04. The number of amides is 2. The summed E-state index contributed by atoms with van der Waals surface area (Å²) in [7, 11) is 0. The highest BCUT2D eigenvalue weighted by molar-refractivity contribution is 5.90. The molecule has 1 unspecified atom stereocenters. The van der Waals surface area contributed by atoms with Crippen LogP contribution in [-0.4, -0.2) is 46.5 Å². The number of nitrogens with zero attached hydrogens (tertiary/aromatic N) is 1. The van der Waals surface area contributed by atoms with Gasteiger partial charge < -0.3 is 21.1 Å². The van der Waals surface area contributed by atoms with Crippen LogP contribution in [0.25, 0.3) is 0 Å². The first-order valence-electron chi connectivity index (χ1n) is 11.6. The van der Waals surface area contributed by atoms with E-state index in [1.54, 1.807) is 23.1 Å². The fourth-order valence-corrected chi connectivity index (χ4v) is 6.96. The number of benzene rings is 1. The van der Waals surface area contributed by atoms with Crippen LogP contribution in [-0.2, 0) is 16.0 Å². The Kier molecular flexibility index (Phi) is 5.21. The average molecular weight is 412 g/mol. The maximum atomic E-state index is 13.2. The number of phenolic OH excluding ortho intramolecular Hbond substituents is 1. The molecule has 5 fully saturated rings. The van der Waals surface area contributed by atoms with Gasteiger partial charge in [-0.2, -0.15) is 0 Å². The lowest BCUT2D eigenvalue weighted by Gasteiger charge is -2.54. The van der Waals surface area contributed by atoms with Crippen molar-refractivity contribution < 1.29 is 14.7 Å². The van der Waals surface area contributed by atoms with Crippen molar-refractivity contribution in [3.05, 3.63) is 29.8 Å². The van der Waals surface area contributed by atoms with Crippen LogP contribution in [0.3, 0.4) is 0 Å². The fraction of sp³-hybridized carbons (Fsp3) is 0.667. The third-order valence-electron chi connectivity index (χ3n) is 8.06. The molecule has 0 spiro atoms. The lowest BCUT2D eigenvalue weighted by Crippen LogP contribution is -2.59. The van der Waals surface area contributed by atoms with Gasteiger partial charge in [-0.05, 0) is 92.7 Å². The molecule has 1 aromatic rings. The summed E-state index contributed by atoms with van der Waals surface area (Å²) in [5, 5.41) is 13.0. The quantitative estimate of drug-likeness (QED) is 0.692. The smallest absolute Gasteiger partial charge is 0.243 e. The van der Waals surface area contributed by atoms with Crippen LogP contribution < -0.4 is 11.1 Å². The summed E-state index contributed by atoms with van der Waals surface area (Å²) in [6, 6.07) is 6.03. The summed E-state index contributed by atoms with van der Waals surface area (Å²) in [4.78, 5) is 27.9. The van der Waals surface area contributed by atoms with Gasteiger partial charge in [-0.25, -0.2) is 0 Å². The van der Waals surface area contributed by atoms with Crippen molar-refractivity contribution in [2.75, 3.05) is 6.54 Å². The minimum absolute atomic E-state index is 0.0166. The highest BCUT2D eigenvalue weighted by atomic mass is 16.3. The molecule has 4 saturated carbocycles. The Bertz CT molecular complexity index is 798. The zero-order valence-corrected chi connectivity index (χ0v) is 17.5. The normalized spacial score (nSPS) is 35.4. The Labute approximate surface area is 178 Å². The summed E-state index contributed by atoms with van der Waals surface area (Å²) in [6.45, 7) is 0.590. The number of nitrogens with two attached hydrogens (primary N) is 1. The number of hydrogen-bond acceptors (Lipinski definition) is 4. The molecule has 4 N–H and O–H groups in total. The van der Waals surface area contributed by atoms with Gasteiger partial charge >= 0.3 is 0 Å². The molecule has 0 aromatic heterocycles. The highest BCUT2D eigenvalue weighted by Crippen LogP contribution is 2.53. The third-order valence-corrected chi connectivity index (χ3v) is 8.06. The SMILES string of the molecule is N[C@@H](Cc1cccc(O)c1)C(=O)N1CCCC1C(=O)NC1C2CC3CC(C2)CC1C3. The molecule has 2 amide bonds. The predicted molar refractivity (Wildman–Crippen MR) is 113 cm³/mol. The van der Waals surface area contributed by atoms with E-state index in [1.165, 1.54) is 32.1 Å². The second-order valence-corrected chi connectivity index (χ2v) is 10.1. The maximum absolute atomic E-state index is 13.2. The summed E-state index contributed by atoms with van der Waals surface area (Å²) in [6.07, 6.45) is 8.36. The molecule has 1 heterocycles. The van der Waals surface area contributed by atoms with Crippen LogP contribution in [0.2, 0.25) is 0 Å². The molecular weight excluding hydrogens is 378 g/mol. The standard InChI is InChI=1S/C24H33N3O3/c25-20(13-14-3-1-4-19(28)12-14)24(30)27-6-2-5-21(27)23(29)26-22-17-8-15-7-16(10-17)11-18(22)9-15/h1,3-4,12,15-18,20-22,28H,2,5-11,13,25H2,(H,26,29)/t15?,16?,17?,18?,20-,21?,22?/m0/s1. The first-order chi connectivity index (χ1) is 14.5. The first kappa shape index (κ1) is 19.9. The molecular formula is C24H33N3O3. The molecule has 6 rings (SSSR count). The molecule has 1 saturated heterocycles. The molecule has 5 aliphatic rings. The number of aromatic hydroxyl groups is 1. The Morgan fingerprint density at radius 3 is 2.50 bits per heavy atom. The van der Waals surface area contributed by atoms with E-state index < -0.39 is 12.1 Å². The molecule has 4 aliphatic carbocycles. The van der Waals surface area contributed by atoms with Crippen LogP contribution in [0.4, 0.5) is 0 Å². The predicted octanol–water partition coefficient (Wildman–Crippen LogP) is 2.19. The van der Waals surface area contributed by atoms with E-state index in [0.717, 1.165) is 23.8 Å².